The van der Waals surface area contributed by atoms with Crippen LogP contribution in [-0.4, -0.2) is 52.9 Å². The topological polar surface area (TPSA) is 91.8 Å². The number of hydrogen-bond acceptors (Lipinski definition) is 5. The highest BCUT2D eigenvalue weighted by Gasteiger charge is 2.32. The molecule has 1 aliphatic heterocycles. The molecule has 2 aromatic carbocycles. The normalized spacial score (nSPS) is 13.3. The number of carbonyl (C=O) groups excluding carboxylic acids is 3. The van der Waals surface area contributed by atoms with E-state index in [1.54, 1.807) is 25.3 Å². The van der Waals surface area contributed by atoms with Crippen LogP contribution >= 0.6 is 0 Å². The Morgan fingerprint density at radius 2 is 1.69 bits per heavy atom. The number of nitrogens with zero attached hydrogens (tertiary/aromatic N) is 3. The second-order valence-electron chi connectivity index (χ2n) is 7.44. The third-order valence-electron chi connectivity index (χ3n) is 5.29. The van der Waals surface area contributed by atoms with Gasteiger partial charge in [-0.05, 0) is 30.7 Å². The molecule has 0 unspecified atom stereocenters. The Morgan fingerprint density at radius 1 is 0.969 bits per heavy atom. The Kier molecular flexibility index (Phi) is 6.30. The van der Waals surface area contributed by atoms with E-state index >= 15 is 0 Å². The van der Waals surface area contributed by atoms with Crippen LogP contribution in [0.15, 0.2) is 60.7 Å². The number of pyridine rings is 1. The number of benzene rings is 2. The molecule has 3 amide bonds. The molecule has 1 aliphatic rings. The molecule has 164 valence electrons. The van der Waals surface area contributed by atoms with Gasteiger partial charge in [0, 0.05) is 43.1 Å². The molecule has 0 aliphatic carbocycles. The molecule has 0 spiro atoms. The summed E-state index contributed by atoms with van der Waals surface area (Å²) in [5.74, 6) is -0.336. The van der Waals surface area contributed by atoms with Crippen molar-refractivity contribution in [2.45, 2.75) is 19.3 Å². The molecule has 0 atom stereocenters. The molecule has 1 fully saturated rings. The zero-order chi connectivity index (χ0) is 22.5. The minimum atomic E-state index is -0.367. The van der Waals surface area contributed by atoms with Crippen LogP contribution in [-0.2, 0) is 9.59 Å². The maximum Gasteiger partial charge on any atom is 0.291 e. The highest BCUT2D eigenvalue weighted by molar-refractivity contribution is 5.98. The molecule has 8 nitrogen and oxygen atoms in total. The van der Waals surface area contributed by atoms with E-state index in [1.165, 1.54) is 10.0 Å². The minimum Gasteiger partial charge on any atom is -0.496 e. The zero-order valence-electron chi connectivity index (χ0n) is 17.8. The highest BCUT2D eigenvalue weighted by Crippen LogP contribution is 2.26. The van der Waals surface area contributed by atoms with Crippen LogP contribution in [0, 0.1) is 0 Å². The largest absolute Gasteiger partial charge is 0.496 e. The first-order chi connectivity index (χ1) is 15.6. The van der Waals surface area contributed by atoms with Crippen LogP contribution in [0.2, 0.25) is 0 Å². The van der Waals surface area contributed by atoms with Gasteiger partial charge in [0.05, 0.1) is 12.6 Å². The molecule has 0 bridgehead atoms. The van der Waals surface area contributed by atoms with Gasteiger partial charge in [-0.3, -0.25) is 19.4 Å². The number of fused-ring (bicyclic) bond motifs is 1. The zero-order valence-corrected chi connectivity index (χ0v) is 17.8. The number of ether oxygens (including phenoxy) is 1. The molecule has 4 rings (SSSR count). The van der Waals surface area contributed by atoms with E-state index in [-0.39, 0.29) is 36.3 Å². The molecule has 3 aromatic rings. The van der Waals surface area contributed by atoms with Crippen molar-refractivity contribution in [3.63, 3.8) is 0 Å². The summed E-state index contributed by atoms with van der Waals surface area (Å²) < 4.78 is 5.43. The van der Waals surface area contributed by atoms with Crippen molar-refractivity contribution in [3.05, 3.63) is 66.4 Å². The molecule has 1 N–H and O–H groups in total. The number of hydrogen-bond donors (Lipinski definition) is 1. The van der Waals surface area contributed by atoms with Crippen molar-refractivity contribution >= 4 is 34.3 Å². The number of hydrazine groups is 1. The molecule has 32 heavy (non-hydrogen) atoms. The van der Waals surface area contributed by atoms with E-state index in [0.717, 1.165) is 5.39 Å². The van der Waals surface area contributed by atoms with Crippen LogP contribution in [0.3, 0.4) is 0 Å². The predicted octanol–water partition coefficient (Wildman–Crippen LogP) is 3.25. The first kappa shape index (κ1) is 21.3. The SMILES string of the molecule is COc1cc(C(=O)N2CCCN2C(=O)CCC(=O)Nc2ccccc2)nc2ccccc12. The predicted molar refractivity (Wildman–Crippen MR) is 120 cm³/mol. The Labute approximate surface area is 185 Å². The summed E-state index contributed by atoms with van der Waals surface area (Å²) >= 11 is 0. The lowest BCUT2D eigenvalue weighted by Gasteiger charge is -2.27. The number of amides is 3. The molecule has 1 saturated heterocycles. The average molecular weight is 432 g/mol. The second kappa shape index (κ2) is 9.47. The number of aromatic nitrogens is 1. The van der Waals surface area contributed by atoms with Crippen LogP contribution in [0.25, 0.3) is 10.9 Å². The van der Waals surface area contributed by atoms with E-state index in [1.807, 2.05) is 42.5 Å². The van der Waals surface area contributed by atoms with Gasteiger partial charge in [0.2, 0.25) is 11.8 Å². The summed E-state index contributed by atoms with van der Waals surface area (Å²) in [6.45, 7) is 0.840. The van der Waals surface area contributed by atoms with Crippen LogP contribution in [0.4, 0.5) is 5.69 Å². The molecule has 2 heterocycles. The van der Waals surface area contributed by atoms with Crippen LogP contribution in [0.1, 0.15) is 29.8 Å². The minimum absolute atomic E-state index is 0.0108. The summed E-state index contributed by atoms with van der Waals surface area (Å²) in [7, 11) is 1.54. The Bertz CT molecular complexity index is 1150. The molecule has 0 saturated carbocycles. The fraction of sp³-hybridized carbons (Fsp3) is 0.250. The van der Waals surface area contributed by atoms with Crippen molar-refractivity contribution < 1.29 is 19.1 Å². The van der Waals surface area contributed by atoms with Crippen LogP contribution < -0.4 is 10.1 Å². The fourth-order valence-electron chi connectivity index (χ4n) is 3.73. The maximum atomic E-state index is 13.2. The molecule has 1 aromatic heterocycles. The van der Waals surface area contributed by atoms with Gasteiger partial charge in [0.25, 0.3) is 5.91 Å². The molecular weight excluding hydrogens is 408 g/mol. The first-order valence-electron chi connectivity index (χ1n) is 10.5. The maximum absolute atomic E-state index is 13.2. The van der Waals surface area contributed by atoms with Crippen molar-refractivity contribution in [1.82, 2.24) is 15.0 Å². The van der Waals surface area contributed by atoms with E-state index in [2.05, 4.69) is 10.3 Å². The molecule has 8 heteroatoms. The number of methoxy groups -OCH3 is 1. The second-order valence-corrected chi connectivity index (χ2v) is 7.44. The quantitative estimate of drug-likeness (QED) is 0.646. The van der Waals surface area contributed by atoms with E-state index in [9.17, 15) is 14.4 Å². The van der Waals surface area contributed by atoms with Crippen molar-refractivity contribution in [3.8, 4) is 5.75 Å². The number of carbonyl (C=O) groups is 3. The smallest absolute Gasteiger partial charge is 0.291 e. The average Bonchev–Trinajstić information content (AvgIpc) is 3.32. The summed E-state index contributed by atoms with van der Waals surface area (Å²) in [6, 6.07) is 18.1. The Morgan fingerprint density at radius 3 is 2.47 bits per heavy atom. The standard InChI is InChI=1S/C24H24N4O4/c1-32-21-16-20(26-19-11-6-5-10-18(19)21)24(31)28-15-7-14-27(28)23(30)13-12-22(29)25-17-8-3-2-4-9-17/h2-6,8-11,16H,7,12-15H2,1H3,(H,25,29). The van der Waals surface area contributed by atoms with Gasteiger partial charge >= 0.3 is 0 Å². The van der Waals surface area contributed by atoms with Gasteiger partial charge in [-0.25, -0.2) is 9.99 Å². The lowest BCUT2D eigenvalue weighted by atomic mass is 10.1. The van der Waals surface area contributed by atoms with Gasteiger partial charge in [0.15, 0.2) is 0 Å². The Balaban J connectivity index is 1.44. The highest BCUT2D eigenvalue weighted by atomic mass is 16.5. The third kappa shape index (κ3) is 4.54. The van der Waals surface area contributed by atoms with Gasteiger partial charge in [-0.15, -0.1) is 0 Å². The lowest BCUT2D eigenvalue weighted by molar-refractivity contribution is -0.141. The summed E-state index contributed by atoms with van der Waals surface area (Å²) in [5.41, 5.74) is 1.53. The number of rotatable bonds is 6. The fourth-order valence-corrected chi connectivity index (χ4v) is 3.73. The summed E-state index contributed by atoms with van der Waals surface area (Å²) in [6.07, 6.45) is 0.712. The number of nitrogens with one attached hydrogen (secondary N) is 1. The summed E-state index contributed by atoms with van der Waals surface area (Å²) in [5, 5.41) is 6.40. The molecular formula is C24H24N4O4. The lowest BCUT2D eigenvalue weighted by Crippen LogP contribution is -2.45. The van der Waals surface area contributed by atoms with Gasteiger partial charge < -0.3 is 10.1 Å². The first-order valence-corrected chi connectivity index (χ1v) is 10.5. The van der Waals surface area contributed by atoms with E-state index in [0.29, 0.717) is 36.5 Å². The van der Waals surface area contributed by atoms with Crippen molar-refractivity contribution in [1.29, 1.82) is 0 Å². The van der Waals surface area contributed by atoms with Crippen molar-refractivity contribution in [2.75, 3.05) is 25.5 Å². The Hall–Kier alpha value is -3.94. The van der Waals surface area contributed by atoms with E-state index < -0.39 is 0 Å². The number of anilines is 1. The van der Waals surface area contributed by atoms with E-state index in [4.69, 9.17) is 4.74 Å². The van der Waals surface area contributed by atoms with Crippen molar-refractivity contribution in [2.24, 2.45) is 0 Å². The summed E-state index contributed by atoms with van der Waals surface area (Å²) in [4.78, 5) is 42.6. The third-order valence-corrected chi connectivity index (χ3v) is 5.29. The van der Waals surface area contributed by atoms with Gasteiger partial charge in [-0.1, -0.05) is 30.3 Å². The van der Waals surface area contributed by atoms with Gasteiger partial charge in [-0.2, -0.15) is 0 Å². The monoisotopic (exact) mass is 432 g/mol. The van der Waals surface area contributed by atoms with Crippen LogP contribution in [0.5, 0.6) is 5.75 Å². The van der Waals surface area contributed by atoms with Gasteiger partial charge in [0.1, 0.15) is 11.4 Å². The molecule has 0 radical (unpaired) electrons. The number of para-hydroxylation sites is 2.